The van der Waals surface area contributed by atoms with E-state index in [-0.39, 0.29) is 5.91 Å². The Bertz CT molecular complexity index is 274. The van der Waals surface area contributed by atoms with Gasteiger partial charge in [-0.3, -0.25) is 4.79 Å². The van der Waals surface area contributed by atoms with E-state index in [9.17, 15) is 4.79 Å². The molecule has 0 heterocycles. The van der Waals surface area contributed by atoms with Crippen molar-refractivity contribution in [1.82, 2.24) is 10.2 Å². The SMILES string of the molecule is CC(=O)NC1CCC(N(C)CCCCOC(C)C)CC1. The number of nitrogens with one attached hydrogen (secondary N) is 1. The molecule has 0 atom stereocenters. The van der Waals surface area contributed by atoms with Crippen LogP contribution in [0.25, 0.3) is 0 Å². The third-order valence-electron chi connectivity index (χ3n) is 4.08. The number of unbranched alkanes of at least 4 members (excludes halogenated alkanes) is 1. The fourth-order valence-corrected chi connectivity index (χ4v) is 2.91. The van der Waals surface area contributed by atoms with Crippen molar-refractivity contribution in [3.8, 4) is 0 Å². The molecule has 4 heteroatoms. The molecule has 1 amide bonds. The van der Waals surface area contributed by atoms with Crippen LogP contribution in [0, 0.1) is 0 Å². The third kappa shape index (κ3) is 7.25. The highest BCUT2D eigenvalue weighted by Gasteiger charge is 2.23. The van der Waals surface area contributed by atoms with Gasteiger partial charge in [-0.15, -0.1) is 0 Å². The summed E-state index contributed by atoms with van der Waals surface area (Å²) in [5, 5.41) is 3.04. The predicted octanol–water partition coefficient (Wildman–Crippen LogP) is 2.57. The lowest BCUT2D eigenvalue weighted by atomic mass is 9.90. The zero-order valence-corrected chi connectivity index (χ0v) is 13.7. The number of carbonyl (C=O) groups is 1. The molecule has 0 bridgehead atoms. The Labute approximate surface area is 124 Å². The highest BCUT2D eigenvalue weighted by Crippen LogP contribution is 2.22. The summed E-state index contributed by atoms with van der Waals surface area (Å²) in [6.07, 6.45) is 7.32. The number of amides is 1. The summed E-state index contributed by atoms with van der Waals surface area (Å²) in [6, 6.07) is 1.09. The van der Waals surface area contributed by atoms with E-state index in [0.717, 1.165) is 32.4 Å². The van der Waals surface area contributed by atoms with Gasteiger partial charge < -0.3 is 15.0 Å². The molecule has 20 heavy (non-hydrogen) atoms. The standard InChI is InChI=1S/C16H32N2O2/c1-13(2)20-12-6-5-11-18(4)16-9-7-15(8-10-16)17-14(3)19/h13,15-16H,5-12H2,1-4H3,(H,17,19). The summed E-state index contributed by atoms with van der Waals surface area (Å²) in [4.78, 5) is 13.5. The van der Waals surface area contributed by atoms with Crippen LogP contribution in [0.3, 0.4) is 0 Å². The number of hydrogen-bond acceptors (Lipinski definition) is 3. The molecule has 0 aromatic heterocycles. The summed E-state index contributed by atoms with van der Waals surface area (Å²) < 4.78 is 5.56. The second kappa shape index (κ2) is 9.35. The van der Waals surface area contributed by atoms with Gasteiger partial charge in [0.2, 0.25) is 5.91 Å². The zero-order chi connectivity index (χ0) is 15.0. The first-order valence-electron chi connectivity index (χ1n) is 8.08. The fraction of sp³-hybridized carbons (Fsp3) is 0.938. The first-order chi connectivity index (χ1) is 9.49. The molecule has 1 N–H and O–H groups in total. The molecule has 0 spiro atoms. The lowest BCUT2D eigenvalue weighted by molar-refractivity contribution is -0.119. The summed E-state index contributed by atoms with van der Waals surface area (Å²) in [6.45, 7) is 7.80. The van der Waals surface area contributed by atoms with E-state index in [0.29, 0.717) is 18.2 Å². The number of rotatable bonds is 8. The first kappa shape index (κ1) is 17.4. The van der Waals surface area contributed by atoms with Gasteiger partial charge >= 0.3 is 0 Å². The fourth-order valence-electron chi connectivity index (χ4n) is 2.91. The Morgan fingerprint density at radius 1 is 1.25 bits per heavy atom. The largest absolute Gasteiger partial charge is 0.379 e. The minimum Gasteiger partial charge on any atom is -0.379 e. The van der Waals surface area contributed by atoms with Crippen LogP contribution in [0.2, 0.25) is 0 Å². The molecule has 118 valence electrons. The summed E-state index contributed by atoms with van der Waals surface area (Å²) in [5.41, 5.74) is 0. The highest BCUT2D eigenvalue weighted by atomic mass is 16.5. The van der Waals surface area contributed by atoms with Crippen LogP contribution in [0.15, 0.2) is 0 Å². The molecule has 0 saturated heterocycles. The van der Waals surface area contributed by atoms with Crippen molar-refractivity contribution in [1.29, 1.82) is 0 Å². The monoisotopic (exact) mass is 284 g/mol. The lowest BCUT2D eigenvalue weighted by Gasteiger charge is -2.34. The quantitative estimate of drug-likeness (QED) is 0.697. The van der Waals surface area contributed by atoms with Crippen LogP contribution < -0.4 is 5.32 Å². The topological polar surface area (TPSA) is 41.6 Å². The van der Waals surface area contributed by atoms with Crippen LogP contribution in [0.5, 0.6) is 0 Å². The van der Waals surface area contributed by atoms with E-state index in [1.165, 1.54) is 19.3 Å². The second-order valence-electron chi connectivity index (χ2n) is 6.31. The van der Waals surface area contributed by atoms with Gasteiger partial charge in [0.05, 0.1) is 6.10 Å². The van der Waals surface area contributed by atoms with Crippen molar-refractivity contribution < 1.29 is 9.53 Å². The molecular weight excluding hydrogens is 252 g/mol. The molecule has 0 aromatic carbocycles. The zero-order valence-electron chi connectivity index (χ0n) is 13.7. The van der Waals surface area contributed by atoms with Crippen molar-refractivity contribution >= 4 is 5.91 Å². The van der Waals surface area contributed by atoms with E-state index in [1.807, 2.05) is 0 Å². The average Bonchev–Trinajstić information content (AvgIpc) is 2.38. The highest BCUT2D eigenvalue weighted by molar-refractivity contribution is 5.73. The number of ether oxygens (including phenoxy) is 1. The number of carbonyl (C=O) groups excluding carboxylic acids is 1. The molecular formula is C16H32N2O2. The van der Waals surface area contributed by atoms with Crippen molar-refractivity contribution in [2.24, 2.45) is 0 Å². The van der Waals surface area contributed by atoms with Gasteiger partial charge in [-0.1, -0.05) is 0 Å². The Morgan fingerprint density at radius 3 is 2.45 bits per heavy atom. The van der Waals surface area contributed by atoms with E-state index >= 15 is 0 Å². The van der Waals surface area contributed by atoms with Gasteiger partial charge in [0, 0.05) is 25.6 Å². The van der Waals surface area contributed by atoms with E-state index in [4.69, 9.17) is 4.74 Å². The molecule has 0 aliphatic heterocycles. The molecule has 1 rings (SSSR count). The van der Waals surface area contributed by atoms with Crippen molar-refractivity contribution in [3.63, 3.8) is 0 Å². The van der Waals surface area contributed by atoms with Crippen LogP contribution in [-0.4, -0.2) is 49.2 Å². The van der Waals surface area contributed by atoms with E-state index < -0.39 is 0 Å². The predicted molar refractivity (Wildman–Crippen MR) is 82.8 cm³/mol. The molecule has 0 radical (unpaired) electrons. The molecule has 1 aliphatic carbocycles. The van der Waals surface area contributed by atoms with Gasteiger partial charge in [0.15, 0.2) is 0 Å². The smallest absolute Gasteiger partial charge is 0.217 e. The molecule has 1 fully saturated rings. The normalized spacial score (nSPS) is 23.3. The third-order valence-corrected chi connectivity index (χ3v) is 4.08. The molecule has 1 aliphatic rings. The maximum absolute atomic E-state index is 11.0. The maximum atomic E-state index is 11.0. The van der Waals surface area contributed by atoms with Crippen molar-refractivity contribution in [3.05, 3.63) is 0 Å². The summed E-state index contributed by atoms with van der Waals surface area (Å²) >= 11 is 0. The second-order valence-corrected chi connectivity index (χ2v) is 6.31. The average molecular weight is 284 g/mol. The summed E-state index contributed by atoms with van der Waals surface area (Å²) in [7, 11) is 2.23. The number of hydrogen-bond donors (Lipinski definition) is 1. The summed E-state index contributed by atoms with van der Waals surface area (Å²) in [5.74, 6) is 0.104. The Morgan fingerprint density at radius 2 is 1.90 bits per heavy atom. The van der Waals surface area contributed by atoms with Crippen LogP contribution >= 0.6 is 0 Å². The van der Waals surface area contributed by atoms with Crippen LogP contribution in [0.1, 0.15) is 59.3 Å². The molecule has 1 saturated carbocycles. The van der Waals surface area contributed by atoms with E-state index in [1.54, 1.807) is 6.92 Å². The Hall–Kier alpha value is -0.610. The van der Waals surface area contributed by atoms with Gasteiger partial charge in [0.1, 0.15) is 0 Å². The van der Waals surface area contributed by atoms with Gasteiger partial charge in [0.25, 0.3) is 0 Å². The van der Waals surface area contributed by atoms with Crippen molar-refractivity contribution in [2.45, 2.75) is 77.5 Å². The van der Waals surface area contributed by atoms with Gasteiger partial charge in [-0.2, -0.15) is 0 Å². The first-order valence-corrected chi connectivity index (χ1v) is 8.08. The molecule has 0 aromatic rings. The van der Waals surface area contributed by atoms with E-state index in [2.05, 4.69) is 31.1 Å². The number of nitrogens with zero attached hydrogens (tertiary/aromatic N) is 1. The minimum atomic E-state index is 0.104. The van der Waals surface area contributed by atoms with Gasteiger partial charge in [-0.05, 0) is 66.0 Å². The minimum absolute atomic E-state index is 0.104. The maximum Gasteiger partial charge on any atom is 0.217 e. The Kier molecular flexibility index (Phi) is 8.15. The van der Waals surface area contributed by atoms with Crippen LogP contribution in [0.4, 0.5) is 0 Å². The molecule has 4 nitrogen and oxygen atoms in total. The lowest BCUT2D eigenvalue weighted by Crippen LogP contribution is -2.42. The van der Waals surface area contributed by atoms with Crippen molar-refractivity contribution in [2.75, 3.05) is 20.2 Å². The molecule has 0 unspecified atom stereocenters. The van der Waals surface area contributed by atoms with Crippen LogP contribution in [-0.2, 0) is 9.53 Å². The van der Waals surface area contributed by atoms with Gasteiger partial charge in [-0.25, -0.2) is 0 Å². The Balaban J connectivity index is 2.09.